The van der Waals surface area contributed by atoms with Crippen LogP contribution in [0.5, 0.6) is 5.75 Å². The Morgan fingerprint density at radius 1 is 0.767 bits per heavy atom. The zero-order valence-electron chi connectivity index (χ0n) is 26.0. The van der Waals surface area contributed by atoms with Gasteiger partial charge in [-0.05, 0) is 52.3 Å². The molecule has 1 fully saturated rings. The number of carbonyl (C=O) groups is 1. The topological polar surface area (TPSA) is 43.8 Å². The van der Waals surface area contributed by atoms with Crippen LogP contribution in [0.3, 0.4) is 0 Å². The fourth-order valence-corrected chi connectivity index (χ4v) is 6.29. The molecule has 0 aromatic heterocycles. The third-order valence-electron chi connectivity index (χ3n) is 8.65. The Morgan fingerprint density at radius 2 is 1.26 bits per heavy atom. The first-order chi connectivity index (χ1) is 20.6. The highest BCUT2D eigenvalue weighted by molar-refractivity contribution is 5.78. The maximum Gasteiger partial charge on any atom is 0.223 e. The zero-order chi connectivity index (χ0) is 30.6. The summed E-state index contributed by atoms with van der Waals surface area (Å²) in [6.07, 6.45) is 0.449. The number of phenols is 1. The van der Waals surface area contributed by atoms with Crippen molar-refractivity contribution in [1.82, 2.24) is 9.80 Å². The van der Waals surface area contributed by atoms with E-state index < -0.39 is 0 Å². The SMILES string of the molecule is C=C(C)c1cc(C(c2ccccc2)N2CCN(C(=O)CC(c3ccccc3)c3ccccc3)CC2)cc(C(C)(C)C)c1O. The number of rotatable bonds is 8. The summed E-state index contributed by atoms with van der Waals surface area (Å²) in [6.45, 7) is 15.4. The average Bonchev–Trinajstić information content (AvgIpc) is 3.01. The molecule has 1 N–H and O–H groups in total. The highest BCUT2D eigenvalue weighted by Gasteiger charge is 2.31. The second-order valence-electron chi connectivity index (χ2n) is 12.8. The first-order valence-electron chi connectivity index (χ1n) is 15.3. The van der Waals surface area contributed by atoms with Gasteiger partial charge in [-0.15, -0.1) is 0 Å². The summed E-state index contributed by atoms with van der Waals surface area (Å²) in [5.74, 6) is 0.536. The van der Waals surface area contributed by atoms with Crippen LogP contribution in [0.2, 0.25) is 0 Å². The van der Waals surface area contributed by atoms with E-state index in [0.29, 0.717) is 25.3 Å². The summed E-state index contributed by atoms with van der Waals surface area (Å²) >= 11 is 0. The van der Waals surface area contributed by atoms with Crippen molar-refractivity contribution in [3.05, 3.63) is 143 Å². The highest BCUT2D eigenvalue weighted by atomic mass is 16.3. The Balaban J connectivity index is 1.40. The van der Waals surface area contributed by atoms with E-state index in [1.807, 2.05) is 54.3 Å². The fraction of sp³-hybridized carbons (Fsp3) is 0.308. The van der Waals surface area contributed by atoms with Crippen molar-refractivity contribution >= 4 is 11.5 Å². The van der Waals surface area contributed by atoms with E-state index in [1.165, 1.54) is 16.7 Å². The van der Waals surface area contributed by atoms with Crippen LogP contribution >= 0.6 is 0 Å². The maximum atomic E-state index is 13.8. The minimum Gasteiger partial charge on any atom is -0.507 e. The van der Waals surface area contributed by atoms with Crippen LogP contribution in [0.4, 0.5) is 0 Å². The second kappa shape index (κ2) is 13.0. The van der Waals surface area contributed by atoms with E-state index in [9.17, 15) is 9.90 Å². The second-order valence-corrected chi connectivity index (χ2v) is 12.8. The molecule has 222 valence electrons. The number of hydrogen-bond donors (Lipinski definition) is 1. The van der Waals surface area contributed by atoms with Crippen molar-refractivity contribution in [3.8, 4) is 5.75 Å². The molecule has 1 saturated heterocycles. The number of allylic oxidation sites excluding steroid dienone is 1. The summed E-state index contributed by atoms with van der Waals surface area (Å²) in [5.41, 5.74) is 7.01. The predicted molar refractivity (Wildman–Crippen MR) is 177 cm³/mol. The molecular formula is C39H44N2O2. The first-order valence-corrected chi connectivity index (χ1v) is 15.3. The van der Waals surface area contributed by atoms with Gasteiger partial charge in [0.2, 0.25) is 5.91 Å². The summed E-state index contributed by atoms with van der Waals surface area (Å²) in [7, 11) is 0. The summed E-state index contributed by atoms with van der Waals surface area (Å²) in [5, 5.41) is 11.2. The molecule has 1 amide bonds. The molecule has 5 rings (SSSR count). The van der Waals surface area contributed by atoms with Gasteiger partial charge in [0.25, 0.3) is 0 Å². The quantitative estimate of drug-likeness (QED) is 0.232. The van der Waals surface area contributed by atoms with Crippen LogP contribution in [0, 0.1) is 0 Å². The van der Waals surface area contributed by atoms with Gasteiger partial charge < -0.3 is 10.0 Å². The van der Waals surface area contributed by atoms with Gasteiger partial charge in [0.05, 0.1) is 6.04 Å². The number of nitrogens with zero attached hydrogens (tertiary/aromatic N) is 2. The van der Waals surface area contributed by atoms with Crippen LogP contribution in [0.15, 0.2) is 110 Å². The Hall–Kier alpha value is -4.15. The molecule has 4 aromatic carbocycles. The normalized spacial score (nSPS) is 15.0. The Bertz CT molecular complexity index is 1490. The third-order valence-corrected chi connectivity index (χ3v) is 8.65. The van der Waals surface area contributed by atoms with Gasteiger partial charge in [0, 0.05) is 49.6 Å². The molecule has 1 unspecified atom stereocenters. The maximum absolute atomic E-state index is 13.8. The van der Waals surface area contributed by atoms with Gasteiger partial charge in [-0.2, -0.15) is 0 Å². The van der Waals surface area contributed by atoms with Crippen molar-refractivity contribution in [2.75, 3.05) is 26.2 Å². The lowest BCUT2D eigenvalue weighted by Gasteiger charge is -2.40. The molecule has 0 radical (unpaired) electrons. The molecule has 0 aliphatic carbocycles. The van der Waals surface area contributed by atoms with E-state index in [-0.39, 0.29) is 23.3 Å². The molecule has 1 atom stereocenters. The summed E-state index contributed by atoms with van der Waals surface area (Å²) < 4.78 is 0. The number of aromatic hydroxyl groups is 1. The Labute approximate surface area is 257 Å². The van der Waals surface area contributed by atoms with Crippen molar-refractivity contribution in [1.29, 1.82) is 0 Å². The molecule has 0 bridgehead atoms. The van der Waals surface area contributed by atoms with E-state index in [4.69, 9.17) is 0 Å². The Morgan fingerprint density at radius 3 is 1.72 bits per heavy atom. The van der Waals surface area contributed by atoms with Crippen LogP contribution < -0.4 is 0 Å². The largest absolute Gasteiger partial charge is 0.507 e. The van der Waals surface area contributed by atoms with E-state index in [1.54, 1.807) is 0 Å². The van der Waals surface area contributed by atoms with Crippen molar-refractivity contribution < 1.29 is 9.90 Å². The predicted octanol–water partition coefficient (Wildman–Crippen LogP) is 8.18. The van der Waals surface area contributed by atoms with Gasteiger partial charge in [-0.25, -0.2) is 0 Å². The van der Waals surface area contributed by atoms with Crippen LogP contribution in [0.1, 0.15) is 79.5 Å². The van der Waals surface area contributed by atoms with Gasteiger partial charge in [0.1, 0.15) is 5.75 Å². The first kappa shape index (κ1) is 30.3. The van der Waals surface area contributed by atoms with Crippen LogP contribution in [0.25, 0.3) is 5.57 Å². The standard InChI is InChI=1S/C39H44N2O2/c1-28(2)33-25-32(26-35(38(33)43)39(3,4)5)37(31-19-13-8-14-20-31)41-23-21-40(22-24-41)36(42)27-34(29-15-9-6-10-16-29)30-17-11-7-12-18-30/h6-20,25-26,34,37,43H,1,21-24,27H2,2-5H3. The van der Waals surface area contributed by atoms with Gasteiger partial charge >= 0.3 is 0 Å². The number of carbonyl (C=O) groups excluding carboxylic acids is 1. The molecule has 1 heterocycles. The fourth-order valence-electron chi connectivity index (χ4n) is 6.29. The molecule has 0 spiro atoms. The van der Waals surface area contributed by atoms with Crippen molar-refractivity contribution in [3.63, 3.8) is 0 Å². The lowest BCUT2D eigenvalue weighted by molar-refractivity contribution is -0.133. The summed E-state index contributed by atoms with van der Waals surface area (Å²) in [6, 6.07) is 35.6. The smallest absolute Gasteiger partial charge is 0.223 e. The number of amides is 1. The molecular weight excluding hydrogens is 528 g/mol. The van der Waals surface area contributed by atoms with Gasteiger partial charge in [-0.1, -0.05) is 118 Å². The van der Waals surface area contributed by atoms with E-state index >= 15 is 0 Å². The van der Waals surface area contributed by atoms with Gasteiger partial charge in [-0.3, -0.25) is 9.69 Å². The minimum atomic E-state index is -0.231. The molecule has 43 heavy (non-hydrogen) atoms. The summed E-state index contributed by atoms with van der Waals surface area (Å²) in [4.78, 5) is 18.3. The molecule has 0 saturated carbocycles. The number of hydrogen-bond acceptors (Lipinski definition) is 3. The number of piperazine rings is 1. The molecule has 4 aromatic rings. The highest BCUT2D eigenvalue weighted by Crippen LogP contribution is 2.41. The lowest BCUT2D eigenvalue weighted by atomic mass is 9.81. The van der Waals surface area contributed by atoms with E-state index in [2.05, 4.69) is 92.9 Å². The zero-order valence-corrected chi connectivity index (χ0v) is 26.0. The van der Waals surface area contributed by atoms with Crippen molar-refractivity contribution in [2.24, 2.45) is 0 Å². The molecule has 4 nitrogen and oxygen atoms in total. The number of benzene rings is 4. The average molecular weight is 573 g/mol. The third kappa shape index (κ3) is 6.92. The Kier molecular flexibility index (Phi) is 9.17. The van der Waals surface area contributed by atoms with Crippen molar-refractivity contribution in [2.45, 2.75) is 51.5 Å². The lowest BCUT2D eigenvalue weighted by Crippen LogP contribution is -2.50. The number of phenolic OH excluding ortho intramolecular Hbond substituents is 1. The van der Waals surface area contributed by atoms with Crippen LogP contribution in [-0.2, 0) is 10.2 Å². The monoisotopic (exact) mass is 572 g/mol. The molecule has 1 aliphatic heterocycles. The molecule has 1 aliphatic rings. The molecule has 4 heteroatoms. The van der Waals surface area contributed by atoms with E-state index in [0.717, 1.165) is 35.4 Å². The minimum absolute atomic E-state index is 0.000335. The van der Waals surface area contributed by atoms with Gasteiger partial charge in [0.15, 0.2) is 0 Å². The van der Waals surface area contributed by atoms with Crippen LogP contribution in [-0.4, -0.2) is 47.0 Å².